The lowest BCUT2D eigenvalue weighted by atomic mass is 10.6. The number of rotatable bonds is 0. The smallest absolute Gasteiger partial charge is 0.275 e. The van der Waals surface area contributed by atoms with E-state index in [2.05, 4.69) is 15.3 Å². The molecule has 3 N–H and O–H groups in total. The molecule has 0 saturated carbocycles. The van der Waals surface area contributed by atoms with Crippen molar-refractivity contribution in [2.45, 2.75) is 0 Å². The average Bonchev–Trinajstić information content (AvgIpc) is 2.34. The first-order valence-corrected chi connectivity index (χ1v) is 2.96. The first-order chi connectivity index (χ1) is 5.27. The van der Waals surface area contributed by atoms with Crippen LogP contribution in [0, 0.1) is 0 Å². The summed E-state index contributed by atoms with van der Waals surface area (Å²) in [4.78, 5) is 14.4. The number of nitrogen functional groups attached to an aromatic ring is 1. The molecule has 0 atom stereocenters. The van der Waals surface area contributed by atoms with Crippen LogP contribution < -0.4 is 11.3 Å². The molecule has 2 aromatic rings. The molecule has 2 rings (SSSR count). The van der Waals surface area contributed by atoms with Gasteiger partial charge in [-0.2, -0.15) is 10.1 Å². The second-order valence-corrected chi connectivity index (χ2v) is 2.07. The number of nitrogens with two attached hydrogens (primary N) is 1. The van der Waals surface area contributed by atoms with Crippen molar-refractivity contribution in [2.75, 3.05) is 5.73 Å². The third kappa shape index (κ3) is 0.759. The quantitative estimate of drug-likeness (QED) is 0.505. The first kappa shape index (κ1) is 5.90. The van der Waals surface area contributed by atoms with Crippen molar-refractivity contribution in [3.8, 4) is 0 Å². The molecule has 11 heavy (non-hydrogen) atoms. The minimum atomic E-state index is -0.357. The summed E-state index contributed by atoms with van der Waals surface area (Å²) in [6.45, 7) is 0. The van der Waals surface area contributed by atoms with Crippen LogP contribution in [-0.2, 0) is 0 Å². The van der Waals surface area contributed by atoms with Crippen LogP contribution in [0.25, 0.3) is 5.65 Å². The molecule has 6 heteroatoms. The number of hydrogen-bond donors (Lipinski definition) is 2. The van der Waals surface area contributed by atoms with Gasteiger partial charge in [0.25, 0.3) is 5.56 Å². The maximum absolute atomic E-state index is 10.8. The highest BCUT2D eigenvalue weighted by Gasteiger charge is 1.98. The maximum atomic E-state index is 10.8. The third-order valence-electron chi connectivity index (χ3n) is 1.32. The summed E-state index contributed by atoms with van der Waals surface area (Å²) in [7, 11) is 0. The highest BCUT2D eigenvalue weighted by molar-refractivity contribution is 5.41. The molecule has 0 aliphatic heterocycles. The molecule has 0 saturated heterocycles. The fraction of sp³-hybridized carbons (Fsp3) is 0. The Labute approximate surface area is 60.6 Å². The van der Waals surface area contributed by atoms with Gasteiger partial charge in [-0.05, 0) is 0 Å². The summed E-state index contributed by atoms with van der Waals surface area (Å²) >= 11 is 0. The van der Waals surface area contributed by atoms with Gasteiger partial charge in [0, 0.05) is 6.07 Å². The zero-order valence-corrected chi connectivity index (χ0v) is 5.48. The average molecular weight is 151 g/mol. The van der Waals surface area contributed by atoms with Gasteiger partial charge < -0.3 is 5.73 Å². The van der Waals surface area contributed by atoms with Gasteiger partial charge in [0.2, 0.25) is 0 Å². The maximum Gasteiger partial charge on any atom is 0.275 e. The lowest BCUT2D eigenvalue weighted by Gasteiger charge is -1.93. The zero-order valence-electron chi connectivity index (χ0n) is 5.48. The molecule has 0 amide bonds. The van der Waals surface area contributed by atoms with Crippen LogP contribution in [0.5, 0.6) is 0 Å². The molecule has 56 valence electrons. The number of fused-ring (bicyclic) bond motifs is 1. The number of aromatic nitrogens is 4. The van der Waals surface area contributed by atoms with Crippen molar-refractivity contribution in [3.05, 3.63) is 22.6 Å². The predicted octanol–water partition coefficient (Wildman–Crippen LogP) is -1.00. The Bertz CT molecular complexity index is 441. The van der Waals surface area contributed by atoms with Crippen LogP contribution in [0.1, 0.15) is 0 Å². The van der Waals surface area contributed by atoms with Gasteiger partial charge in [-0.1, -0.05) is 0 Å². The van der Waals surface area contributed by atoms with E-state index in [9.17, 15) is 4.79 Å². The van der Waals surface area contributed by atoms with E-state index in [0.29, 0.717) is 11.5 Å². The molecule has 0 fully saturated rings. The number of nitrogens with one attached hydrogen (secondary N) is 1. The molecular formula is C5H5N5O. The largest absolute Gasteiger partial charge is 0.383 e. The topological polar surface area (TPSA) is 89.1 Å². The van der Waals surface area contributed by atoms with Gasteiger partial charge in [0.05, 0.1) is 6.20 Å². The Hall–Kier alpha value is -1.85. The molecule has 2 heterocycles. The van der Waals surface area contributed by atoms with E-state index in [1.165, 1.54) is 16.8 Å². The normalized spacial score (nSPS) is 10.5. The lowest BCUT2D eigenvalue weighted by Crippen LogP contribution is -2.10. The van der Waals surface area contributed by atoms with E-state index in [4.69, 9.17) is 5.73 Å². The van der Waals surface area contributed by atoms with E-state index in [1.807, 2.05) is 0 Å². The van der Waals surface area contributed by atoms with E-state index in [0.717, 1.165) is 0 Å². The molecule has 0 aliphatic carbocycles. The second kappa shape index (κ2) is 1.82. The van der Waals surface area contributed by atoms with Crippen LogP contribution in [-0.4, -0.2) is 19.8 Å². The Morgan fingerprint density at radius 2 is 2.45 bits per heavy atom. The van der Waals surface area contributed by atoms with Crippen molar-refractivity contribution in [1.29, 1.82) is 0 Å². The van der Waals surface area contributed by atoms with E-state index < -0.39 is 0 Å². The van der Waals surface area contributed by atoms with Crippen molar-refractivity contribution in [3.63, 3.8) is 0 Å². The van der Waals surface area contributed by atoms with E-state index in [1.54, 1.807) is 0 Å². The molecule has 0 bridgehead atoms. The molecule has 0 spiro atoms. The standard InChI is InChI=1S/C5H5N5O/c6-3-1-5(11)8-4-2-7-9-10(3)4/h1-2,9H,6H2. The molecule has 2 aromatic heterocycles. The molecule has 0 aromatic carbocycles. The molecule has 0 aliphatic rings. The monoisotopic (exact) mass is 151 g/mol. The Morgan fingerprint density at radius 3 is 3.27 bits per heavy atom. The Kier molecular flexibility index (Phi) is 0.974. The number of H-pyrrole nitrogens is 1. The first-order valence-electron chi connectivity index (χ1n) is 2.96. The summed E-state index contributed by atoms with van der Waals surface area (Å²) in [5, 5.41) is 6.22. The van der Waals surface area contributed by atoms with Crippen molar-refractivity contribution >= 4 is 11.5 Å². The van der Waals surface area contributed by atoms with Crippen LogP contribution >= 0.6 is 0 Å². The minimum Gasteiger partial charge on any atom is -0.383 e. The molecular weight excluding hydrogens is 146 g/mol. The number of aromatic amines is 1. The van der Waals surface area contributed by atoms with Gasteiger partial charge in [-0.15, -0.1) is 0 Å². The van der Waals surface area contributed by atoms with E-state index in [-0.39, 0.29) is 5.56 Å². The number of anilines is 1. The molecule has 6 nitrogen and oxygen atoms in total. The second-order valence-electron chi connectivity index (χ2n) is 2.07. The van der Waals surface area contributed by atoms with Gasteiger partial charge >= 0.3 is 0 Å². The highest BCUT2D eigenvalue weighted by atomic mass is 16.1. The Morgan fingerprint density at radius 1 is 1.64 bits per heavy atom. The van der Waals surface area contributed by atoms with Crippen molar-refractivity contribution in [1.82, 2.24) is 19.8 Å². The summed E-state index contributed by atoms with van der Waals surface area (Å²) in [5.74, 6) is 0.303. The summed E-state index contributed by atoms with van der Waals surface area (Å²) in [6.07, 6.45) is 1.43. The zero-order chi connectivity index (χ0) is 7.84. The summed E-state index contributed by atoms with van der Waals surface area (Å²) in [5.41, 5.74) is 5.52. The predicted molar refractivity (Wildman–Crippen MR) is 38.0 cm³/mol. The fourth-order valence-corrected chi connectivity index (χ4v) is 0.858. The summed E-state index contributed by atoms with van der Waals surface area (Å²) in [6, 6.07) is 1.23. The van der Waals surface area contributed by atoms with Crippen molar-refractivity contribution < 1.29 is 0 Å². The highest BCUT2D eigenvalue weighted by Crippen LogP contribution is 1.97. The van der Waals surface area contributed by atoms with Crippen molar-refractivity contribution in [2.24, 2.45) is 0 Å². The van der Waals surface area contributed by atoms with Crippen LogP contribution in [0.15, 0.2) is 17.1 Å². The summed E-state index contributed by atoms with van der Waals surface area (Å²) < 4.78 is 1.42. The molecule has 0 unspecified atom stereocenters. The third-order valence-corrected chi connectivity index (χ3v) is 1.32. The van der Waals surface area contributed by atoms with Crippen LogP contribution in [0.2, 0.25) is 0 Å². The number of nitrogens with zero attached hydrogens (tertiary/aromatic N) is 3. The van der Waals surface area contributed by atoms with Crippen LogP contribution in [0.4, 0.5) is 5.82 Å². The molecule has 0 radical (unpaired) electrons. The number of hydrogen-bond acceptors (Lipinski definition) is 4. The SMILES string of the molecule is Nc1cc(=O)nc2cn[nH]n12. The van der Waals surface area contributed by atoms with Crippen LogP contribution in [0.3, 0.4) is 0 Å². The lowest BCUT2D eigenvalue weighted by molar-refractivity contribution is 0.853. The minimum absolute atomic E-state index is 0.303. The van der Waals surface area contributed by atoms with Gasteiger partial charge in [0.1, 0.15) is 5.82 Å². The van der Waals surface area contributed by atoms with Gasteiger partial charge in [-0.25, -0.2) is 9.73 Å². The van der Waals surface area contributed by atoms with Gasteiger partial charge in [-0.3, -0.25) is 4.79 Å². The van der Waals surface area contributed by atoms with Gasteiger partial charge in [0.15, 0.2) is 5.65 Å². The Balaban J connectivity index is 3.02. The fourth-order valence-electron chi connectivity index (χ4n) is 0.858. The van der Waals surface area contributed by atoms with E-state index >= 15 is 0 Å².